The minimum atomic E-state index is -4.50. The van der Waals surface area contributed by atoms with E-state index in [4.69, 9.17) is 0 Å². The van der Waals surface area contributed by atoms with Crippen molar-refractivity contribution in [2.75, 3.05) is 23.4 Å². The molecule has 0 radical (unpaired) electrons. The number of hydrogen-bond donors (Lipinski definition) is 1. The molecule has 0 aliphatic carbocycles. The first-order chi connectivity index (χ1) is 8.47. The molecule has 1 aromatic rings. The monoisotopic (exact) mass is 279 g/mol. The number of anilines is 1. The molecule has 1 atom stereocenters. The summed E-state index contributed by atoms with van der Waals surface area (Å²) in [6.07, 6.45) is -3.43. The van der Waals surface area contributed by atoms with Crippen LogP contribution < -0.4 is 5.32 Å². The van der Waals surface area contributed by atoms with Crippen molar-refractivity contribution in [2.24, 2.45) is 5.92 Å². The normalized spacial score (nSPS) is 20.1. The maximum absolute atomic E-state index is 13.5. The average molecular weight is 279 g/mol. The molecule has 1 unspecified atom stereocenters. The van der Waals surface area contributed by atoms with Gasteiger partial charge in [-0.3, -0.25) is 0 Å². The molecule has 1 fully saturated rings. The summed E-state index contributed by atoms with van der Waals surface area (Å²) < 4.78 is 50.5. The Hall–Kier alpha value is -0.910. The van der Waals surface area contributed by atoms with Gasteiger partial charge in [-0.2, -0.15) is 24.9 Å². The summed E-state index contributed by atoms with van der Waals surface area (Å²) in [5, 5.41) is 2.88. The highest BCUT2D eigenvalue weighted by molar-refractivity contribution is 7.99. The first-order valence-electron chi connectivity index (χ1n) is 5.65. The third-order valence-corrected chi connectivity index (χ3v) is 4.13. The van der Waals surface area contributed by atoms with Gasteiger partial charge in [0.2, 0.25) is 0 Å². The minimum Gasteiger partial charge on any atom is -0.382 e. The van der Waals surface area contributed by atoms with Crippen LogP contribution in [-0.4, -0.2) is 18.1 Å². The first-order valence-corrected chi connectivity index (χ1v) is 6.80. The second-order valence-corrected chi connectivity index (χ2v) is 5.45. The van der Waals surface area contributed by atoms with Gasteiger partial charge in [-0.15, -0.1) is 0 Å². The number of nitrogens with one attached hydrogen (secondary N) is 1. The largest absolute Gasteiger partial charge is 0.416 e. The molecule has 2 rings (SSSR count). The molecule has 0 bridgehead atoms. The molecule has 1 aromatic carbocycles. The standard InChI is InChI=1S/C12H13F4NS/c13-10-5-9(12(14,15)16)1-2-11(10)17-6-8-3-4-18-7-8/h1-2,5,8,17H,3-4,6-7H2. The van der Waals surface area contributed by atoms with Gasteiger partial charge in [-0.05, 0) is 42.0 Å². The van der Waals surface area contributed by atoms with Crippen molar-refractivity contribution in [3.63, 3.8) is 0 Å². The fourth-order valence-corrected chi connectivity index (χ4v) is 3.12. The number of thioether (sulfide) groups is 1. The van der Waals surface area contributed by atoms with Crippen LogP contribution in [0.5, 0.6) is 0 Å². The van der Waals surface area contributed by atoms with Gasteiger partial charge in [0, 0.05) is 6.54 Å². The molecule has 0 amide bonds. The van der Waals surface area contributed by atoms with Gasteiger partial charge in [0.15, 0.2) is 0 Å². The summed E-state index contributed by atoms with van der Waals surface area (Å²) in [5.74, 6) is 1.74. The Labute approximate surface area is 107 Å². The van der Waals surface area contributed by atoms with Crippen LogP contribution in [0, 0.1) is 11.7 Å². The SMILES string of the molecule is Fc1cc(C(F)(F)F)ccc1NCC1CCSC1. The van der Waals surface area contributed by atoms with E-state index in [2.05, 4.69) is 5.32 Å². The van der Waals surface area contributed by atoms with Gasteiger partial charge in [0.25, 0.3) is 0 Å². The van der Waals surface area contributed by atoms with E-state index in [0.29, 0.717) is 18.5 Å². The van der Waals surface area contributed by atoms with E-state index in [9.17, 15) is 17.6 Å². The van der Waals surface area contributed by atoms with Crippen LogP contribution in [0.3, 0.4) is 0 Å². The zero-order chi connectivity index (χ0) is 13.2. The second kappa shape index (κ2) is 5.38. The molecule has 6 heteroatoms. The molecule has 1 N–H and O–H groups in total. The molecule has 1 heterocycles. The van der Waals surface area contributed by atoms with Gasteiger partial charge in [-0.1, -0.05) is 0 Å². The van der Waals surface area contributed by atoms with Crippen molar-refractivity contribution >= 4 is 17.4 Å². The van der Waals surface area contributed by atoms with Crippen LogP contribution >= 0.6 is 11.8 Å². The Kier molecular flexibility index (Phi) is 4.04. The number of hydrogen-bond acceptors (Lipinski definition) is 2. The summed E-state index contributed by atoms with van der Waals surface area (Å²) in [6, 6.07) is 2.58. The Morgan fingerprint density at radius 3 is 2.67 bits per heavy atom. The Bertz CT molecular complexity index is 413. The molecule has 1 nitrogen and oxygen atoms in total. The molecule has 1 saturated heterocycles. The molecule has 0 aromatic heterocycles. The molecular weight excluding hydrogens is 266 g/mol. The van der Waals surface area contributed by atoms with Crippen molar-refractivity contribution in [3.05, 3.63) is 29.6 Å². The Morgan fingerprint density at radius 2 is 2.11 bits per heavy atom. The number of benzene rings is 1. The molecule has 18 heavy (non-hydrogen) atoms. The summed E-state index contributed by atoms with van der Waals surface area (Å²) in [4.78, 5) is 0. The maximum Gasteiger partial charge on any atom is 0.416 e. The summed E-state index contributed by atoms with van der Waals surface area (Å²) in [7, 11) is 0. The van der Waals surface area contributed by atoms with E-state index in [-0.39, 0.29) is 5.69 Å². The lowest BCUT2D eigenvalue weighted by atomic mass is 10.1. The zero-order valence-electron chi connectivity index (χ0n) is 9.56. The van der Waals surface area contributed by atoms with Crippen LogP contribution in [0.2, 0.25) is 0 Å². The topological polar surface area (TPSA) is 12.0 Å². The summed E-state index contributed by atoms with van der Waals surface area (Å²) in [5.41, 5.74) is -0.818. The highest BCUT2D eigenvalue weighted by Gasteiger charge is 2.31. The third kappa shape index (κ3) is 3.31. The van der Waals surface area contributed by atoms with E-state index in [1.54, 1.807) is 0 Å². The van der Waals surface area contributed by atoms with E-state index < -0.39 is 17.6 Å². The van der Waals surface area contributed by atoms with Crippen LogP contribution in [0.25, 0.3) is 0 Å². The van der Waals surface area contributed by atoms with Crippen LogP contribution in [0.4, 0.5) is 23.2 Å². The second-order valence-electron chi connectivity index (χ2n) is 4.30. The third-order valence-electron chi connectivity index (χ3n) is 2.90. The van der Waals surface area contributed by atoms with Crippen LogP contribution in [0.15, 0.2) is 18.2 Å². The van der Waals surface area contributed by atoms with Gasteiger partial charge in [-0.25, -0.2) is 4.39 Å². The lowest BCUT2D eigenvalue weighted by Crippen LogP contribution is -2.14. The quantitative estimate of drug-likeness (QED) is 0.839. The smallest absolute Gasteiger partial charge is 0.382 e. The lowest BCUT2D eigenvalue weighted by molar-refractivity contribution is -0.137. The predicted octanol–water partition coefficient (Wildman–Crippen LogP) is 4.01. The van der Waals surface area contributed by atoms with Crippen molar-refractivity contribution in [1.82, 2.24) is 0 Å². The molecule has 1 aliphatic rings. The minimum absolute atomic E-state index is 0.139. The highest BCUT2D eigenvalue weighted by Crippen LogP contribution is 2.31. The Morgan fingerprint density at radius 1 is 1.33 bits per heavy atom. The fourth-order valence-electron chi connectivity index (χ4n) is 1.83. The van der Waals surface area contributed by atoms with Crippen molar-refractivity contribution in [1.29, 1.82) is 0 Å². The highest BCUT2D eigenvalue weighted by atomic mass is 32.2. The van der Waals surface area contributed by atoms with Gasteiger partial charge in [0.05, 0.1) is 11.3 Å². The maximum atomic E-state index is 13.5. The molecular formula is C12H13F4NS. The van der Waals surface area contributed by atoms with Crippen molar-refractivity contribution in [2.45, 2.75) is 12.6 Å². The van der Waals surface area contributed by atoms with E-state index >= 15 is 0 Å². The Balaban J connectivity index is 2.01. The fraction of sp³-hybridized carbons (Fsp3) is 0.500. The van der Waals surface area contributed by atoms with Crippen molar-refractivity contribution in [3.8, 4) is 0 Å². The van der Waals surface area contributed by atoms with Gasteiger partial charge >= 0.3 is 6.18 Å². The lowest BCUT2D eigenvalue weighted by Gasteiger charge is -2.13. The van der Waals surface area contributed by atoms with Gasteiger partial charge < -0.3 is 5.32 Å². The summed E-state index contributed by atoms with van der Waals surface area (Å²) >= 11 is 1.84. The number of halogens is 4. The van der Waals surface area contributed by atoms with Crippen LogP contribution in [-0.2, 0) is 6.18 Å². The molecule has 1 aliphatic heterocycles. The molecule has 100 valence electrons. The number of rotatable bonds is 3. The van der Waals surface area contributed by atoms with E-state index in [1.165, 1.54) is 0 Å². The number of alkyl halides is 3. The first kappa shape index (κ1) is 13.5. The van der Waals surface area contributed by atoms with Gasteiger partial charge in [0.1, 0.15) is 5.82 Å². The molecule has 0 saturated carbocycles. The van der Waals surface area contributed by atoms with E-state index in [1.807, 2.05) is 11.8 Å². The molecule has 0 spiro atoms. The van der Waals surface area contributed by atoms with Crippen molar-refractivity contribution < 1.29 is 17.6 Å². The van der Waals surface area contributed by atoms with Crippen LogP contribution in [0.1, 0.15) is 12.0 Å². The predicted molar refractivity (Wildman–Crippen MR) is 65.3 cm³/mol. The van der Waals surface area contributed by atoms with E-state index in [0.717, 1.165) is 30.1 Å². The average Bonchev–Trinajstić information content (AvgIpc) is 2.79. The zero-order valence-corrected chi connectivity index (χ0v) is 10.4. The summed E-state index contributed by atoms with van der Waals surface area (Å²) in [6.45, 7) is 0.606.